The van der Waals surface area contributed by atoms with Gasteiger partial charge in [0.15, 0.2) is 0 Å². The molecule has 33 heavy (non-hydrogen) atoms. The highest BCUT2D eigenvalue weighted by molar-refractivity contribution is 5.99. The normalized spacial score (nSPS) is 18.5. The number of benzene rings is 1. The maximum Gasteiger partial charge on any atom is 0.255 e. The summed E-state index contributed by atoms with van der Waals surface area (Å²) in [5.74, 6) is -0.0426. The third kappa shape index (κ3) is 5.23. The zero-order chi connectivity index (χ0) is 23.5. The predicted molar refractivity (Wildman–Crippen MR) is 129 cm³/mol. The Bertz CT molecular complexity index is 1140. The van der Waals surface area contributed by atoms with Gasteiger partial charge in [-0.25, -0.2) is 4.98 Å². The summed E-state index contributed by atoms with van der Waals surface area (Å²) in [6, 6.07) is 8.08. The van der Waals surface area contributed by atoms with Crippen LogP contribution in [0.25, 0.3) is 11.1 Å². The Hall–Kier alpha value is -3.23. The summed E-state index contributed by atoms with van der Waals surface area (Å²) in [6.45, 7) is 6.26. The van der Waals surface area contributed by atoms with Crippen LogP contribution in [0.1, 0.15) is 34.0 Å². The number of ether oxygens (including phenoxy) is 1. The molecule has 0 aliphatic carbocycles. The van der Waals surface area contributed by atoms with Crippen molar-refractivity contribution >= 4 is 11.7 Å². The van der Waals surface area contributed by atoms with E-state index in [1.54, 1.807) is 23.1 Å². The number of anilines is 1. The number of hydrogen-bond donors (Lipinski definition) is 2. The van der Waals surface area contributed by atoms with Crippen LogP contribution in [0.5, 0.6) is 0 Å². The number of rotatable bonds is 7. The van der Waals surface area contributed by atoms with E-state index in [-0.39, 0.29) is 23.9 Å². The van der Waals surface area contributed by atoms with Crippen LogP contribution >= 0.6 is 0 Å². The molecule has 1 amide bonds. The lowest BCUT2D eigenvalue weighted by Crippen LogP contribution is -2.44. The van der Waals surface area contributed by atoms with Gasteiger partial charge in [-0.1, -0.05) is 25.1 Å². The molecule has 1 aliphatic heterocycles. The van der Waals surface area contributed by atoms with Gasteiger partial charge in [0.25, 0.3) is 5.91 Å². The molecule has 174 valence electrons. The molecule has 0 spiro atoms. The minimum atomic E-state index is -0.247. The Morgan fingerprint density at radius 3 is 2.76 bits per heavy atom. The summed E-state index contributed by atoms with van der Waals surface area (Å²) in [7, 11) is 3.88. The topological polar surface area (TPSA) is 98.3 Å². The maximum absolute atomic E-state index is 13.1. The zero-order valence-corrected chi connectivity index (χ0v) is 19.7. The number of likely N-dealkylation sites (N-methyl/N-ethyl adjacent to an activating group) is 1. The summed E-state index contributed by atoms with van der Waals surface area (Å²) in [5.41, 5.74) is 11.9. The monoisotopic (exact) mass is 448 g/mol. The largest absolute Gasteiger partial charge is 0.383 e. The molecule has 3 aromatic rings. The summed E-state index contributed by atoms with van der Waals surface area (Å²) in [4.78, 5) is 19.5. The number of likely N-dealkylation sites (tertiary alicyclic amines) is 1. The number of hydrogen-bond acceptors (Lipinski definition) is 6. The second kappa shape index (κ2) is 9.72. The first kappa shape index (κ1) is 22.9. The minimum Gasteiger partial charge on any atom is -0.383 e. The molecule has 0 saturated carbocycles. The van der Waals surface area contributed by atoms with E-state index in [0.717, 1.165) is 29.7 Å². The van der Waals surface area contributed by atoms with Crippen LogP contribution < -0.4 is 11.1 Å². The maximum atomic E-state index is 13.1. The molecular formula is C25H32N6O2. The Morgan fingerprint density at radius 1 is 1.21 bits per heavy atom. The quantitative estimate of drug-likeness (QED) is 0.577. The van der Waals surface area contributed by atoms with Gasteiger partial charge in [-0.15, -0.1) is 0 Å². The first-order valence-electron chi connectivity index (χ1n) is 11.3. The number of aromatic nitrogens is 3. The van der Waals surface area contributed by atoms with Gasteiger partial charge >= 0.3 is 0 Å². The van der Waals surface area contributed by atoms with Crippen LogP contribution in [-0.2, 0) is 24.8 Å². The van der Waals surface area contributed by atoms with Gasteiger partial charge in [0.2, 0.25) is 0 Å². The van der Waals surface area contributed by atoms with Crippen molar-refractivity contribution in [2.75, 3.05) is 25.9 Å². The third-order valence-corrected chi connectivity index (χ3v) is 6.23. The van der Waals surface area contributed by atoms with E-state index in [1.807, 2.05) is 20.3 Å². The van der Waals surface area contributed by atoms with Crippen LogP contribution in [-0.4, -0.2) is 57.9 Å². The number of carbonyl (C=O) groups excluding carboxylic acids is 1. The molecule has 0 radical (unpaired) electrons. The van der Waals surface area contributed by atoms with E-state index >= 15 is 0 Å². The number of amides is 1. The molecule has 0 unspecified atom stereocenters. The van der Waals surface area contributed by atoms with Crippen LogP contribution in [0.3, 0.4) is 0 Å². The molecule has 1 aliphatic rings. The number of carbonyl (C=O) groups is 1. The van der Waals surface area contributed by atoms with E-state index in [4.69, 9.17) is 10.5 Å². The van der Waals surface area contributed by atoms with Crippen molar-refractivity contribution in [2.24, 2.45) is 7.05 Å². The van der Waals surface area contributed by atoms with Gasteiger partial charge in [-0.2, -0.15) is 5.10 Å². The fraction of sp³-hybridized carbons (Fsp3) is 0.400. The number of pyridine rings is 1. The third-order valence-electron chi connectivity index (χ3n) is 6.23. The molecule has 4 rings (SSSR count). The fourth-order valence-corrected chi connectivity index (χ4v) is 4.30. The highest BCUT2D eigenvalue weighted by Gasteiger charge is 2.33. The molecule has 1 aromatic carbocycles. The van der Waals surface area contributed by atoms with Gasteiger partial charge in [-0.3, -0.25) is 9.48 Å². The zero-order valence-electron chi connectivity index (χ0n) is 19.7. The number of nitrogens with zero attached hydrogens (tertiary/aromatic N) is 4. The SMILES string of the molecule is CCc1cc(CO[C@H]2CN(C)C[C@@H]2NC(=O)c2cc(-c3cnn(C)c3)cnc2N)ccc1C. The van der Waals surface area contributed by atoms with Crippen LogP contribution in [0.2, 0.25) is 0 Å². The molecule has 3 N–H and O–H groups in total. The lowest BCUT2D eigenvalue weighted by Gasteiger charge is -2.21. The smallest absolute Gasteiger partial charge is 0.255 e. The molecule has 1 saturated heterocycles. The molecule has 8 heteroatoms. The van der Waals surface area contributed by atoms with E-state index in [0.29, 0.717) is 18.7 Å². The van der Waals surface area contributed by atoms with Crippen molar-refractivity contribution in [3.8, 4) is 11.1 Å². The Morgan fingerprint density at radius 2 is 2.03 bits per heavy atom. The number of nitrogen functional groups attached to an aromatic ring is 1. The van der Waals surface area contributed by atoms with Gasteiger partial charge in [0.1, 0.15) is 5.82 Å². The average Bonchev–Trinajstić information content (AvgIpc) is 3.38. The number of nitrogens with one attached hydrogen (secondary N) is 1. The number of aryl methyl sites for hydroxylation is 3. The van der Waals surface area contributed by atoms with E-state index in [9.17, 15) is 4.79 Å². The standard InChI is InChI=1S/C25H32N6O2/c1-5-18-8-17(7-6-16(18)2)15-33-23-14-30(3)13-22(23)29-25(32)21-9-19(10-27-24(21)26)20-11-28-31(4)12-20/h6-12,22-23H,5,13-15H2,1-4H3,(H2,26,27)(H,29,32)/t22-,23-/m0/s1. The van der Waals surface area contributed by atoms with Crippen LogP contribution in [0.15, 0.2) is 42.9 Å². The van der Waals surface area contributed by atoms with E-state index in [2.05, 4.69) is 52.3 Å². The molecule has 2 atom stereocenters. The van der Waals surface area contributed by atoms with Crippen molar-refractivity contribution < 1.29 is 9.53 Å². The van der Waals surface area contributed by atoms with Crippen LogP contribution in [0.4, 0.5) is 5.82 Å². The summed E-state index contributed by atoms with van der Waals surface area (Å²) in [5, 5.41) is 7.31. The molecule has 2 aromatic heterocycles. The summed E-state index contributed by atoms with van der Waals surface area (Å²) in [6.07, 6.45) is 6.16. The van der Waals surface area contributed by atoms with E-state index in [1.165, 1.54) is 11.1 Å². The fourth-order valence-electron chi connectivity index (χ4n) is 4.30. The number of nitrogens with two attached hydrogens (primary N) is 1. The second-order valence-corrected chi connectivity index (χ2v) is 8.82. The van der Waals surface area contributed by atoms with Gasteiger partial charge in [0.05, 0.1) is 30.5 Å². The van der Waals surface area contributed by atoms with Gasteiger partial charge in [0, 0.05) is 43.7 Å². The molecule has 1 fully saturated rings. The van der Waals surface area contributed by atoms with Crippen molar-refractivity contribution in [2.45, 2.75) is 39.0 Å². The Labute approximate surface area is 194 Å². The first-order valence-corrected chi connectivity index (χ1v) is 11.3. The lowest BCUT2D eigenvalue weighted by molar-refractivity contribution is 0.0323. The second-order valence-electron chi connectivity index (χ2n) is 8.82. The van der Waals surface area contributed by atoms with Crippen molar-refractivity contribution in [3.05, 3.63) is 65.1 Å². The molecule has 0 bridgehead atoms. The van der Waals surface area contributed by atoms with Gasteiger partial charge in [-0.05, 0) is 43.1 Å². The summed E-state index contributed by atoms with van der Waals surface area (Å²) >= 11 is 0. The van der Waals surface area contributed by atoms with Gasteiger partial charge < -0.3 is 20.7 Å². The van der Waals surface area contributed by atoms with E-state index < -0.39 is 0 Å². The molecular weight excluding hydrogens is 416 g/mol. The Kier molecular flexibility index (Phi) is 6.76. The van der Waals surface area contributed by atoms with Crippen molar-refractivity contribution in [1.82, 2.24) is 25.0 Å². The highest BCUT2D eigenvalue weighted by atomic mass is 16.5. The van der Waals surface area contributed by atoms with Crippen molar-refractivity contribution in [3.63, 3.8) is 0 Å². The minimum absolute atomic E-state index is 0.110. The lowest BCUT2D eigenvalue weighted by atomic mass is 10.0. The molecule has 3 heterocycles. The first-order chi connectivity index (χ1) is 15.8. The summed E-state index contributed by atoms with van der Waals surface area (Å²) < 4.78 is 7.97. The van der Waals surface area contributed by atoms with Crippen LogP contribution in [0, 0.1) is 6.92 Å². The Balaban J connectivity index is 1.45. The predicted octanol–water partition coefficient (Wildman–Crippen LogP) is 2.56. The highest BCUT2D eigenvalue weighted by Crippen LogP contribution is 2.22. The molecule has 8 nitrogen and oxygen atoms in total. The average molecular weight is 449 g/mol. The van der Waals surface area contributed by atoms with Crippen molar-refractivity contribution in [1.29, 1.82) is 0 Å².